The number of ether oxygens (including phenoxy) is 2. The fourth-order valence-corrected chi connectivity index (χ4v) is 2.40. The highest BCUT2D eigenvalue weighted by molar-refractivity contribution is 5.49. The third-order valence-corrected chi connectivity index (χ3v) is 3.37. The van der Waals surface area contributed by atoms with E-state index in [1.165, 1.54) is 0 Å². The first kappa shape index (κ1) is 11.7. The van der Waals surface area contributed by atoms with Gasteiger partial charge in [-0.25, -0.2) is 0 Å². The van der Waals surface area contributed by atoms with Crippen molar-refractivity contribution in [3.05, 3.63) is 11.3 Å². The van der Waals surface area contributed by atoms with E-state index in [9.17, 15) is 0 Å². The van der Waals surface area contributed by atoms with Gasteiger partial charge in [-0.2, -0.15) is 9.97 Å². The van der Waals surface area contributed by atoms with Crippen LogP contribution in [0.2, 0.25) is 0 Å². The lowest BCUT2D eigenvalue weighted by Crippen LogP contribution is -2.20. The molecule has 6 nitrogen and oxygen atoms in total. The van der Waals surface area contributed by atoms with Gasteiger partial charge >= 0.3 is 6.01 Å². The van der Waals surface area contributed by atoms with E-state index >= 15 is 0 Å². The van der Waals surface area contributed by atoms with Gasteiger partial charge in [0, 0.05) is 31.8 Å². The van der Waals surface area contributed by atoms with Crippen molar-refractivity contribution in [1.82, 2.24) is 15.3 Å². The minimum Gasteiger partial charge on any atom is -0.467 e. The number of anilines is 1. The van der Waals surface area contributed by atoms with Gasteiger partial charge in [-0.1, -0.05) is 0 Å². The number of hydrogen-bond donors (Lipinski definition) is 2. The molecule has 0 spiro atoms. The van der Waals surface area contributed by atoms with Crippen LogP contribution < -0.4 is 15.4 Å². The van der Waals surface area contributed by atoms with Gasteiger partial charge in [0.1, 0.15) is 5.82 Å². The van der Waals surface area contributed by atoms with Crippen LogP contribution in [0.4, 0.5) is 5.82 Å². The molecule has 3 rings (SSSR count). The van der Waals surface area contributed by atoms with Crippen molar-refractivity contribution in [2.75, 3.05) is 25.6 Å². The van der Waals surface area contributed by atoms with Crippen molar-refractivity contribution < 1.29 is 9.47 Å². The van der Waals surface area contributed by atoms with Crippen LogP contribution in [0.1, 0.15) is 24.1 Å². The summed E-state index contributed by atoms with van der Waals surface area (Å²) >= 11 is 0. The Kier molecular flexibility index (Phi) is 3.29. The Morgan fingerprint density at radius 1 is 1.44 bits per heavy atom. The van der Waals surface area contributed by atoms with Gasteiger partial charge < -0.3 is 20.1 Å². The van der Waals surface area contributed by atoms with Gasteiger partial charge in [-0.15, -0.1) is 0 Å². The van der Waals surface area contributed by atoms with E-state index in [0.29, 0.717) is 12.1 Å². The highest BCUT2D eigenvalue weighted by Crippen LogP contribution is 2.24. The standard InChI is InChI=1S/C12H18N4O2/c1-17-12-15-10-7-13-6-9(10)11(16-12)14-5-8-3-2-4-18-8/h8,13H,2-7H2,1H3,(H,14,15,16). The zero-order valence-corrected chi connectivity index (χ0v) is 10.5. The summed E-state index contributed by atoms with van der Waals surface area (Å²) in [6.45, 7) is 3.27. The smallest absolute Gasteiger partial charge is 0.318 e. The average molecular weight is 250 g/mol. The molecule has 1 unspecified atom stereocenters. The highest BCUT2D eigenvalue weighted by atomic mass is 16.5. The Morgan fingerprint density at radius 2 is 2.39 bits per heavy atom. The summed E-state index contributed by atoms with van der Waals surface area (Å²) in [6.07, 6.45) is 2.57. The zero-order valence-electron chi connectivity index (χ0n) is 10.5. The molecule has 1 aromatic heterocycles. The number of nitrogens with zero attached hydrogens (tertiary/aromatic N) is 2. The van der Waals surface area contributed by atoms with E-state index in [1.807, 2.05) is 0 Å². The number of fused-ring (bicyclic) bond motifs is 1. The molecule has 18 heavy (non-hydrogen) atoms. The molecular formula is C12H18N4O2. The van der Waals surface area contributed by atoms with Crippen molar-refractivity contribution in [2.24, 2.45) is 0 Å². The van der Waals surface area contributed by atoms with Crippen molar-refractivity contribution in [3.8, 4) is 6.01 Å². The normalized spacial score (nSPS) is 21.9. The van der Waals surface area contributed by atoms with E-state index < -0.39 is 0 Å². The van der Waals surface area contributed by atoms with Crippen molar-refractivity contribution in [1.29, 1.82) is 0 Å². The first-order chi connectivity index (χ1) is 8.86. The highest BCUT2D eigenvalue weighted by Gasteiger charge is 2.21. The van der Waals surface area contributed by atoms with E-state index in [1.54, 1.807) is 7.11 Å². The van der Waals surface area contributed by atoms with E-state index in [4.69, 9.17) is 9.47 Å². The Morgan fingerprint density at radius 3 is 3.17 bits per heavy atom. The molecule has 3 heterocycles. The van der Waals surface area contributed by atoms with Gasteiger partial charge in [0.25, 0.3) is 0 Å². The van der Waals surface area contributed by atoms with Crippen molar-refractivity contribution >= 4 is 5.82 Å². The monoisotopic (exact) mass is 250 g/mol. The van der Waals surface area contributed by atoms with E-state index in [2.05, 4.69) is 20.6 Å². The molecule has 2 N–H and O–H groups in total. The summed E-state index contributed by atoms with van der Waals surface area (Å²) in [5.41, 5.74) is 2.17. The maximum Gasteiger partial charge on any atom is 0.318 e. The Bertz CT molecular complexity index is 432. The molecule has 2 aliphatic rings. The molecular weight excluding hydrogens is 232 g/mol. The third-order valence-electron chi connectivity index (χ3n) is 3.37. The van der Waals surface area contributed by atoms with Crippen LogP contribution >= 0.6 is 0 Å². The molecule has 0 amide bonds. The number of hydrogen-bond acceptors (Lipinski definition) is 6. The lowest BCUT2D eigenvalue weighted by Gasteiger charge is -2.14. The summed E-state index contributed by atoms with van der Waals surface area (Å²) < 4.78 is 10.7. The number of rotatable bonds is 4. The second-order valence-corrected chi connectivity index (χ2v) is 4.60. The minimum absolute atomic E-state index is 0.302. The average Bonchev–Trinajstić information content (AvgIpc) is 3.06. The van der Waals surface area contributed by atoms with E-state index in [-0.39, 0.29) is 0 Å². The maximum atomic E-state index is 5.60. The second-order valence-electron chi connectivity index (χ2n) is 4.60. The minimum atomic E-state index is 0.302. The van der Waals surface area contributed by atoms with Crippen LogP contribution in [0.15, 0.2) is 0 Å². The van der Waals surface area contributed by atoms with Gasteiger partial charge in [-0.3, -0.25) is 0 Å². The molecule has 1 aromatic rings. The predicted octanol–water partition coefficient (Wildman–Crippen LogP) is 0.679. The molecule has 1 saturated heterocycles. The summed E-state index contributed by atoms with van der Waals surface area (Å²) in [5.74, 6) is 0.873. The molecule has 1 fully saturated rings. The van der Waals surface area contributed by atoms with Crippen LogP contribution in [-0.4, -0.2) is 36.3 Å². The molecule has 1 atom stereocenters. The number of methoxy groups -OCH3 is 1. The molecule has 0 aromatic carbocycles. The van der Waals surface area contributed by atoms with Crippen LogP contribution in [0.25, 0.3) is 0 Å². The maximum absolute atomic E-state index is 5.60. The van der Waals surface area contributed by atoms with E-state index in [0.717, 1.165) is 56.2 Å². The molecule has 0 bridgehead atoms. The SMILES string of the molecule is COc1nc2c(c(NCC3CCCO3)n1)CNC2. The quantitative estimate of drug-likeness (QED) is 0.819. The molecule has 6 heteroatoms. The summed E-state index contributed by atoms with van der Waals surface area (Å²) in [5, 5.41) is 6.64. The topological polar surface area (TPSA) is 68.3 Å². The molecule has 2 aliphatic heterocycles. The number of nitrogens with one attached hydrogen (secondary N) is 2. The zero-order chi connectivity index (χ0) is 12.4. The lowest BCUT2D eigenvalue weighted by atomic mass is 10.2. The summed E-state index contributed by atoms with van der Waals surface area (Å²) in [7, 11) is 1.59. The Hall–Kier alpha value is -1.40. The van der Waals surface area contributed by atoms with Crippen molar-refractivity contribution in [3.63, 3.8) is 0 Å². The van der Waals surface area contributed by atoms with Crippen LogP contribution in [0, 0.1) is 0 Å². The third kappa shape index (κ3) is 2.26. The van der Waals surface area contributed by atoms with Gasteiger partial charge in [0.05, 0.1) is 18.9 Å². The van der Waals surface area contributed by atoms with Gasteiger partial charge in [0.2, 0.25) is 0 Å². The predicted molar refractivity (Wildman–Crippen MR) is 66.6 cm³/mol. The van der Waals surface area contributed by atoms with Crippen LogP contribution in [0.5, 0.6) is 6.01 Å². The summed E-state index contributed by atoms with van der Waals surface area (Å²) in [4.78, 5) is 8.73. The molecule has 0 aliphatic carbocycles. The van der Waals surface area contributed by atoms with Crippen LogP contribution in [-0.2, 0) is 17.8 Å². The fourth-order valence-electron chi connectivity index (χ4n) is 2.40. The van der Waals surface area contributed by atoms with Gasteiger partial charge in [0.15, 0.2) is 0 Å². The van der Waals surface area contributed by atoms with Crippen LogP contribution in [0.3, 0.4) is 0 Å². The van der Waals surface area contributed by atoms with Crippen molar-refractivity contribution in [2.45, 2.75) is 32.0 Å². The fraction of sp³-hybridized carbons (Fsp3) is 0.667. The first-order valence-electron chi connectivity index (χ1n) is 6.37. The molecule has 98 valence electrons. The largest absolute Gasteiger partial charge is 0.467 e. The second kappa shape index (κ2) is 5.07. The Balaban J connectivity index is 1.75. The Labute approximate surface area is 106 Å². The summed E-state index contributed by atoms with van der Waals surface area (Å²) in [6, 6.07) is 0.423. The molecule has 0 saturated carbocycles. The lowest BCUT2D eigenvalue weighted by molar-refractivity contribution is 0.120. The number of aromatic nitrogens is 2. The van der Waals surface area contributed by atoms with Gasteiger partial charge in [-0.05, 0) is 12.8 Å². The first-order valence-corrected chi connectivity index (χ1v) is 6.37. The molecule has 0 radical (unpaired) electrons.